The van der Waals surface area contributed by atoms with Crippen molar-refractivity contribution in [2.75, 3.05) is 40.3 Å². The van der Waals surface area contributed by atoms with Crippen LogP contribution in [-0.2, 0) is 19.9 Å². The summed E-state index contributed by atoms with van der Waals surface area (Å²) in [7, 11) is 3.55. The molecule has 1 atom stereocenters. The van der Waals surface area contributed by atoms with Crippen LogP contribution in [-0.4, -0.2) is 83.9 Å². The van der Waals surface area contributed by atoms with Gasteiger partial charge in [-0.05, 0) is 38.7 Å². The van der Waals surface area contributed by atoms with Crippen LogP contribution in [0, 0.1) is 5.82 Å². The van der Waals surface area contributed by atoms with E-state index in [4.69, 9.17) is 5.11 Å². The molecule has 1 aromatic rings. The number of halogens is 1. The lowest BCUT2D eigenvalue weighted by molar-refractivity contribution is -0.145. The van der Waals surface area contributed by atoms with Crippen molar-refractivity contribution in [1.82, 2.24) is 20.0 Å². The second-order valence-electron chi connectivity index (χ2n) is 6.97. The summed E-state index contributed by atoms with van der Waals surface area (Å²) in [5.74, 6) is -3.00. The van der Waals surface area contributed by atoms with E-state index in [-0.39, 0.29) is 6.54 Å². The third-order valence-corrected chi connectivity index (χ3v) is 4.49. The van der Waals surface area contributed by atoms with Gasteiger partial charge in [-0.15, -0.1) is 0 Å². The van der Waals surface area contributed by atoms with Crippen molar-refractivity contribution < 1.29 is 28.7 Å². The van der Waals surface area contributed by atoms with Crippen LogP contribution in [0.15, 0.2) is 24.3 Å². The van der Waals surface area contributed by atoms with E-state index in [2.05, 4.69) is 5.32 Å². The molecular weight excluding hydrogens is 371 g/mol. The van der Waals surface area contributed by atoms with Crippen molar-refractivity contribution >= 4 is 23.8 Å². The maximum atomic E-state index is 13.2. The summed E-state index contributed by atoms with van der Waals surface area (Å²) in [5, 5.41) is 11.5. The van der Waals surface area contributed by atoms with Gasteiger partial charge in [-0.25, -0.2) is 9.18 Å². The molecule has 1 saturated heterocycles. The highest BCUT2D eigenvalue weighted by molar-refractivity contribution is 6.09. The molecule has 9 nitrogen and oxygen atoms in total. The van der Waals surface area contributed by atoms with E-state index in [1.165, 1.54) is 31.2 Å². The number of hydrogen-bond acceptors (Lipinski definition) is 5. The molecule has 0 aromatic heterocycles. The normalized spacial score (nSPS) is 19.1. The van der Waals surface area contributed by atoms with Crippen molar-refractivity contribution in [2.24, 2.45) is 0 Å². The lowest BCUT2D eigenvalue weighted by Crippen LogP contribution is -2.47. The first-order chi connectivity index (χ1) is 13.0. The number of imide groups is 1. The largest absolute Gasteiger partial charge is 0.480 e. The number of carbonyl (C=O) groups excluding carboxylic acids is 3. The van der Waals surface area contributed by atoms with Crippen molar-refractivity contribution in [3.63, 3.8) is 0 Å². The summed E-state index contributed by atoms with van der Waals surface area (Å²) in [6.07, 6.45) is 0. The molecular formula is C18H23FN4O5. The predicted molar refractivity (Wildman–Crippen MR) is 96.8 cm³/mol. The van der Waals surface area contributed by atoms with Crippen LogP contribution in [0.25, 0.3) is 0 Å². The standard InChI is InChI=1S/C18H23FN4O5/c1-18(12-4-6-13(19)7-5-12)16(27)23(17(28)20-18)10-14(24)22(11-15(25)26)9-8-21(2)3/h4-7H,8-11H2,1-3H3,(H,20,28)(H,25,26). The van der Waals surface area contributed by atoms with E-state index in [1.807, 2.05) is 0 Å². The molecule has 2 N–H and O–H groups in total. The van der Waals surface area contributed by atoms with E-state index < -0.39 is 48.3 Å². The Morgan fingerprint density at radius 1 is 1.18 bits per heavy atom. The Labute approximate surface area is 161 Å². The fourth-order valence-electron chi connectivity index (χ4n) is 2.83. The van der Waals surface area contributed by atoms with Gasteiger partial charge in [0.15, 0.2) is 0 Å². The fraction of sp³-hybridized carbons (Fsp3) is 0.444. The van der Waals surface area contributed by atoms with Crippen LogP contribution in [0.3, 0.4) is 0 Å². The van der Waals surface area contributed by atoms with Gasteiger partial charge >= 0.3 is 12.0 Å². The molecule has 0 aliphatic carbocycles. The molecule has 1 fully saturated rings. The van der Waals surface area contributed by atoms with Gasteiger partial charge in [0.1, 0.15) is 24.4 Å². The summed E-state index contributed by atoms with van der Waals surface area (Å²) in [5.41, 5.74) is -1.07. The molecule has 1 heterocycles. The highest BCUT2D eigenvalue weighted by Gasteiger charge is 2.49. The van der Waals surface area contributed by atoms with Gasteiger partial charge in [0.05, 0.1) is 0 Å². The molecule has 28 heavy (non-hydrogen) atoms. The zero-order valence-electron chi connectivity index (χ0n) is 15.9. The average Bonchev–Trinajstić information content (AvgIpc) is 2.82. The first-order valence-electron chi connectivity index (χ1n) is 8.59. The van der Waals surface area contributed by atoms with E-state index in [9.17, 15) is 23.6 Å². The number of hydrogen-bond donors (Lipinski definition) is 2. The molecule has 1 aromatic carbocycles. The van der Waals surface area contributed by atoms with Gasteiger partial charge in [0.2, 0.25) is 5.91 Å². The van der Waals surface area contributed by atoms with E-state index in [0.29, 0.717) is 12.1 Å². The van der Waals surface area contributed by atoms with Crippen LogP contribution in [0.4, 0.5) is 9.18 Å². The third-order valence-electron chi connectivity index (χ3n) is 4.49. The van der Waals surface area contributed by atoms with Crippen molar-refractivity contribution in [3.05, 3.63) is 35.6 Å². The number of amides is 4. The van der Waals surface area contributed by atoms with Crippen LogP contribution in [0.1, 0.15) is 12.5 Å². The zero-order valence-corrected chi connectivity index (χ0v) is 15.9. The first-order valence-corrected chi connectivity index (χ1v) is 8.59. The average molecular weight is 394 g/mol. The molecule has 0 radical (unpaired) electrons. The highest BCUT2D eigenvalue weighted by atomic mass is 19.1. The number of nitrogens with zero attached hydrogens (tertiary/aromatic N) is 3. The molecule has 1 aliphatic heterocycles. The molecule has 0 spiro atoms. The fourth-order valence-corrected chi connectivity index (χ4v) is 2.83. The molecule has 152 valence electrons. The zero-order chi connectivity index (χ0) is 21.1. The van der Waals surface area contributed by atoms with Crippen LogP contribution < -0.4 is 5.32 Å². The van der Waals surface area contributed by atoms with E-state index in [1.54, 1.807) is 19.0 Å². The van der Waals surface area contributed by atoms with Gasteiger partial charge in [-0.2, -0.15) is 0 Å². The second kappa shape index (κ2) is 8.34. The number of carboxylic acids is 1. The van der Waals surface area contributed by atoms with E-state index in [0.717, 1.165) is 9.80 Å². The minimum atomic E-state index is -1.44. The van der Waals surface area contributed by atoms with Gasteiger partial charge in [0.25, 0.3) is 5.91 Å². The number of nitrogens with one attached hydrogen (secondary N) is 1. The maximum absolute atomic E-state index is 13.2. The number of benzene rings is 1. The Balaban J connectivity index is 2.16. The van der Waals surface area contributed by atoms with Crippen LogP contribution in [0.2, 0.25) is 0 Å². The highest BCUT2D eigenvalue weighted by Crippen LogP contribution is 2.28. The molecule has 4 amide bonds. The minimum Gasteiger partial charge on any atom is -0.480 e. The number of aliphatic carboxylic acids is 1. The monoisotopic (exact) mass is 394 g/mol. The summed E-state index contributed by atoms with van der Waals surface area (Å²) in [6, 6.07) is 4.33. The number of carboxylic acid groups (broad SMARTS) is 1. The molecule has 0 bridgehead atoms. The SMILES string of the molecule is CN(C)CCN(CC(=O)O)C(=O)CN1C(=O)NC(C)(c2ccc(F)cc2)C1=O. The predicted octanol–water partition coefficient (Wildman–Crippen LogP) is 0.0675. The summed E-state index contributed by atoms with van der Waals surface area (Å²) < 4.78 is 13.2. The van der Waals surface area contributed by atoms with Crippen molar-refractivity contribution in [1.29, 1.82) is 0 Å². The van der Waals surface area contributed by atoms with Gasteiger partial charge < -0.3 is 20.2 Å². The molecule has 0 saturated carbocycles. The lowest BCUT2D eigenvalue weighted by atomic mass is 9.92. The van der Waals surface area contributed by atoms with Gasteiger partial charge in [-0.1, -0.05) is 12.1 Å². The van der Waals surface area contributed by atoms with Crippen LogP contribution >= 0.6 is 0 Å². The summed E-state index contributed by atoms with van der Waals surface area (Å²) >= 11 is 0. The lowest BCUT2D eigenvalue weighted by Gasteiger charge is -2.25. The second-order valence-corrected chi connectivity index (χ2v) is 6.97. The Morgan fingerprint density at radius 2 is 1.79 bits per heavy atom. The third kappa shape index (κ3) is 4.63. The molecule has 10 heteroatoms. The summed E-state index contributed by atoms with van der Waals surface area (Å²) in [4.78, 5) is 52.3. The topological polar surface area (TPSA) is 110 Å². The number of carbonyl (C=O) groups is 4. The number of rotatable bonds is 8. The van der Waals surface area contributed by atoms with Crippen molar-refractivity contribution in [3.8, 4) is 0 Å². The first kappa shape index (κ1) is 21.3. The smallest absolute Gasteiger partial charge is 0.325 e. The maximum Gasteiger partial charge on any atom is 0.325 e. The Bertz CT molecular complexity index is 783. The molecule has 2 rings (SSSR count). The Hall–Kier alpha value is -3.01. The van der Waals surface area contributed by atoms with E-state index >= 15 is 0 Å². The quantitative estimate of drug-likeness (QED) is 0.604. The van der Waals surface area contributed by atoms with Gasteiger partial charge in [0, 0.05) is 13.1 Å². The number of urea groups is 1. The number of likely N-dealkylation sites (N-methyl/N-ethyl adjacent to an activating group) is 1. The van der Waals surface area contributed by atoms with Gasteiger partial charge in [-0.3, -0.25) is 19.3 Å². The minimum absolute atomic E-state index is 0.136. The molecule has 1 unspecified atom stereocenters. The molecule has 1 aliphatic rings. The Kier molecular flexibility index (Phi) is 6.34. The van der Waals surface area contributed by atoms with Crippen molar-refractivity contribution in [2.45, 2.75) is 12.5 Å². The Morgan fingerprint density at radius 3 is 2.32 bits per heavy atom. The van der Waals surface area contributed by atoms with Crippen LogP contribution in [0.5, 0.6) is 0 Å². The summed E-state index contributed by atoms with van der Waals surface area (Å²) in [6.45, 7) is 0.906.